The van der Waals surface area contributed by atoms with Crippen LogP contribution in [0.5, 0.6) is 0 Å². The highest BCUT2D eigenvalue weighted by atomic mass is 32.2. The van der Waals surface area contributed by atoms with E-state index in [9.17, 15) is 38.4 Å². The van der Waals surface area contributed by atoms with Crippen molar-refractivity contribution in [1.29, 1.82) is 0 Å². The molecule has 7 rings (SSSR count). The van der Waals surface area contributed by atoms with Gasteiger partial charge < -0.3 is 46.2 Å². The summed E-state index contributed by atoms with van der Waals surface area (Å²) in [6.07, 6.45) is 3.32. The average molecular weight is 1000 g/mol. The van der Waals surface area contributed by atoms with Crippen LogP contribution in [0.2, 0.25) is 0 Å². The summed E-state index contributed by atoms with van der Waals surface area (Å²) in [5, 5.41) is 13.9. The minimum absolute atomic E-state index is 0.0478. The standard InChI is InChI=1S/C50H68N10O8S2/c1-30(52-7)42(62)55-35-19-25-70-37-26-49(2,3)40(59(37)47(35)67)43(63)53-28-33(31-14-10-8-11-15-31)45(65)57-20-22-58(23-21-57)48(68)39(32-16-12-9-13-17-32)56-44(64)41-50(4,5)27-38-60(41)46(66)34(18-24-69-38)54-36(61)29-51-6/h8-17,28,30,33-35,37-41,51-52H,18-27,29H2,1-7H3,(H,54,61)(H,55,62)(H,56,64)/t30-,33?,34-,35-,37-,38-,39-,40+,41+/m0/s1. The van der Waals surface area contributed by atoms with Crippen LogP contribution in [-0.4, -0.2) is 172 Å². The van der Waals surface area contributed by atoms with Gasteiger partial charge in [0, 0.05) is 32.4 Å². The van der Waals surface area contributed by atoms with Crippen LogP contribution in [0.4, 0.5) is 0 Å². The van der Waals surface area contributed by atoms with E-state index in [4.69, 9.17) is 0 Å². The molecule has 0 aliphatic carbocycles. The number of hydrogen-bond acceptors (Lipinski definition) is 12. The maximum Gasteiger partial charge on any atom is 0.268 e. The molecule has 9 atom stereocenters. The Kier molecular flexibility index (Phi) is 16.8. The molecule has 8 amide bonds. The zero-order valence-electron chi connectivity index (χ0n) is 41.1. The number of carbonyl (C=O) groups excluding carboxylic acids is 8. The van der Waals surface area contributed by atoms with Gasteiger partial charge in [-0.2, -0.15) is 0 Å². The minimum Gasteiger partial charge on any atom is -0.343 e. The second-order valence-corrected chi connectivity index (χ2v) is 22.7. The largest absolute Gasteiger partial charge is 0.343 e. The van der Waals surface area contributed by atoms with E-state index in [0.717, 1.165) is 0 Å². The fourth-order valence-corrected chi connectivity index (χ4v) is 13.5. The number of fused-ring (bicyclic) bond motifs is 2. The SMILES string of the molecule is CNCC(=O)N[C@H]1CCS[C@H]2CC(C)(C)[C@@H](C(=O)N[C@H](C(=O)N3CCN(C(=O)C(C=NC(=O)[C@H]4N5C(=O)[C@@H](NC(=O)[C@H](C)NC)CCS[C@H]5CC4(C)C)c4ccccc4)CC3)c3ccccc3)N2C1=O. The summed E-state index contributed by atoms with van der Waals surface area (Å²) >= 11 is 3.18. The van der Waals surface area contributed by atoms with E-state index in [1.807, 2.05) is 39.8 Å². The Labute approximate surface area is 419 Å². The van der Waals surface area contributed by atoms with Gasteiger partial charge in [-0.15, -0.1) is 23.5 Å². The molecule has 5 heterocycles. The van der Waals surface area contributed by atoms with Gasteiger partial charge in [0.05, 0.1) is 29.3 Å². The molecule has 5 N–H and O–H groups in total. The van der Waals surface area contributed by atoms with Gasteiger partial charge in [0.15, 0.2) is 0 Å². The van der Waals surface area contributed by atoms with Crippen LogP contribution in [0, 0.1) is 10.8 Å². The third-order valence-electron chi connectivity index (χ3n) is 14.2. The highest BCUT2D eigenvalue weighted by molar-refractivity contribution is 8.00. The number of hydrogen-bond donors (Lipinski definition) is 5. The second-order valence-electron chi connectivity index (χ2n) is 20.1. The van der Waals surface area contributed by atoms with Crippen molar-refractivity contribution in [1.82, 2.24) is 46.2 Å². The highest BCUT2D eigenvalue weighted by Crippen LogP contribution is 2.48. The Hall–Kier alpha value is -5.31. The molecule has 2 aromatic carbocycles. The van der Waals surface area contributed by atoms with E-state index >= 15 is 0 Å². The molecular weight excluding hydrogens is 933 g/mol. The molecule has 378 valence electrons. The molecule has 0 saturated carbocycles. The number of nitrogens with zero attached hydrogens (tertiary/aromatic N) is 5. The summed E-state index contributed by atoms with van der Waals surface area (Å²) in [7, 11) is 3.32. The molecule has 5 fully saturated rings. The first kappa shape index (κ1) is 52.5. The zero-order chi connectivity index (χ0) is 50.5. The van der Waals surface area contributed by atoms with Crippen LogP contribution >= 0.6 is 23.5 Å². The summed E-state index contributed by atoms with van der Waals surface area (Å²) in [4.78, 5) is 123. The lowest BCUT2D eigenvalue weighted by molar-refractivity contribution is -0.146. The first-order valence-corrected chi connectivity index (χ1v) is 26.3. The molecule has 0 bridgehead atoms. The number of nitrogens with one attached hydrogen (secondary N) is 5. The van der Waals surface area contributed by atoms with Crippen LogP contribution < -0.4 is 26.6 Å². The molecule has 0 aromatic heterocycles. The quantitative estimate of drug-likeness (QED) is 0.171. The predicted molar refractivity (Wildman–Crippen MR) is 269 cm³/mol. The predicted octanol–water partition coefficient (Wildman–Crippen LogP) is 1.87. The number of carbonyl (C=O) groups is 8. The van der Waals surface area contributed by atoms with Gasteiger partial charge in [0.25, 0.3) is 5.91 Å². The van der Waals surface area contributed by atoms with Gasteiger partial charge in [-0.3, -0.25) is 38.4 Å². The van der Waals surface area contributed by atoms with Gasteiger partial charge in [0.2, 0.25) is 41.4 Å². The third kappa shape index (κ3) is 11.4. The van der Waals surface area contributed by atoms with Crippen molar-refractivity contribution in [2.75, 3.05) is 58.3 Å². The first-order valence-electron chi connectivity index (χ1n) is 24.2. The lowest BCUT2D eigenvalue weighted by Gasteiger charge is -2.38. The molecule has 18 nitrogen and oxygen atoms in total. The molecule has 5 aliphatic heterocycles. The van der Waals surface area contributed by atoms with Crippen molar-refractivity contribution in [2.24, 2.45) is 15.8 Å². The average Bonchev–Trinajstić information content (AvgIpc) is 3.66. The normalized spacial score (nSPS) is 26.6. The number of thioether (sulfide) groups is 2. The summed E-state index contributed by atoms with van der Waals surface area (Å²) < 4.78 is 0. The van der Waals surface area contributed by atoms with Gasteiger partial charge in [0.1, 0.15) is 30.2 Å². The van der Waals surface area contributed by atoms with E-state index in [0.29, 0.717) is 48.3 Å². The first-order chi connectivity index (χ1) is 33.4. The van der Waals surface area contributed by atoms with E-state index in [1.165, 1.54) is 6.21 Å². The second kappa shape index (κ2) is 22.4. The van der Waals surface area contributed by atoms with Crippen LogP contribution in [0.3, 0.4) is 0 Å². The van der Waals surface area contributed by atoms with Gasteiger partial charge in [-0.05, 0) is 80.2 Å². The molecule has 5 aliphatic rings. The minimum atomic E-state index is -1.10. The highest BCUT2D eigenvalue weighted by Gasteiger charge is 2.56. The number of rotatable bonds is 14. The van der Waals surface area contributed by atoms with Gasteiger partial charge >= 0.3 is 0 Å². The Morgan fingerprint density at radius 2 is 1.21 bits per heavy atom. The third-order valence-corrected chi connectivity index (χ3v) is 16.7. The Balaban J connectivity index is 1.06. The van der Waals surface area contributed by atoms with E-state index in [-0.39, 0.29) is 78.9 Å². The van der Waals surface area contributed by atoms with Crippen molar-refractivity contribution in [3.8, 4) is 0 Å². The van der Waals surface area contributed by atoms with Crippen molar-refractivity contribution in [3.63, 3.8) is 0 Å². The summed E-state index contributed by atoms with van der Waals surface area (Å²) in [6, 6.07) is 12.9. The van der Waals surface area contributed by atoms with Crippen LogP contribution in [0.25, 0.3) is 0 Å². The molecule has 0 radical (unpaired) electrons. The lowest BCUT2D eigenvalue weighted by atomic mass is 9.83. The summed E-state index contributed by atoms with van der Waals surface area (Å²) in [5.74, 6) is -2.69. The fourth-order valence-electron chi connectivity index (χ4n) is 10.4. The number of amides is 8. The number of likely N-dealkylation sites (N-methyl/N-ethyl adjacent to an activating group) is 2. The van der Waals surface area contributed by atoms with Crippen LogP contribution in [0.1, 0.15) is 83.4 Å². The Morgan fingerprint density at radius 3 is 1.76 bits per heavy atom. The van der Waals surface area contributed by atoms with Crippen molar-refractivity contribution < 1.29 is 38.4 Å². The van der Waals surface area contributed by atoms with E-state index < -0.39 is 64.8 Å². The molecule has 1 unspecified atom stereocenters. The lowest BCUT2D eigenvalue weighted by Crippen LogP contribution is -2.59. The molecule has 0 spiro atoms. The molecular formula is C50H68N10O8S2. The van der Waals surface area contributed by atoms with Crippen LogP contribution in [0.15, 0.2) is 65.7 Å². The fraction of sp³-hybridized carbons (Fsp3) is 0.580. The summed E-state index contributed by atoms with van der Waals surface area (Å²) in [5.41, 5.74) is -0.122. The molecule has 70 heavy (non-hydrogen) atoms. The number of aliphatic imine (C=N–C) groups is 1. The summed E-state index contributed by atoms with van der Waals surface area (Å²) in [6.45, 7) is 10.2. The van der Waals surface area contributed by atoms with Crippen molar-refractivity contribution in [2.45, 2.75) is 113 Å². The topological polar surface area (TPSA) is 222 Å². The van der Waals surface area contributed by atoms with Crippen LogP contribution in [-0.2, 0) is 38.4 Å². The van der Waals surface area contributed by atoms with E-state index in [1.54, 1.807) is 113 Å². The molecule has 20 heteroatoms. The van der Waals surface area contributed by atoms with Crippen molar-refractivity contribution >= 4 is 77.0 Å². The maximum absolute atomic E-state index is 14.7. The smallest absolute Gasteiger partial charge is 0.268 e. The van der Waals surface area contributed by atoms with Crippen molar-refractivity contribution in [3.05, 3.63) is 71.8 Å². The van der Waals surface area contributed by atoms with Gasteiger partial charge in [-0.1, -0.05) is 88.4 Å². The molecule has 2 aromatic rings. The Morgan fingerprint density at radius 1 is 0.714 bits per heavy atom. The molecule has 5 saturated heterocycles. The van der Waals surface area contributed by atoms with Gasteiger partial charge in [-0.25, -0.2) is 4.99 Å². The number of piperazine rings is 1. The van der Waals surface area contributed by atoms with E-state index in [2.05, 4.69) is 31.6 Å². The number of benzene rings is 2. The Bertz CT molecular complexity index is 2310. The maximum atomic E-state index is 14.7. The zero-order valence-corrected chi connectivity index (χ0v) is 42.8. The monoisotopic (exact) mass is 1000 g/mol.